The van der Waals surface area contributed by atoms with Crippen molar-refractivity contribution in [2.45, 2.75) is 44.7 Å². The lowest BCUT2D eigenvalue weighted by Gasteiger charge is -2.39. The fourth-order valence-corrected chi connectivity index (χ4v) is 4.48. The van der Waals surface area contributed by atoms with Crippen molar-refractivity contribution in [2.75, 3.05) is 25.1 Å². The minimum absolute atomic E-state index is 0.0614. The molecule has 8 nitrogen and oxygen atoms in total. The molecule has 4 heterocycles. The summed E-state index contributed by atoms with van der Waals surface area (Å²) < 4.78 is 7.19. The van der Waals surface area contributed by atoms with Crippen LogP contribution in [-0.2, 0) is 0 Å². The Bertz CT molecular complexity index is 1070. The number of amides is 1. The largest absolute Gasteiger partial charge is 0.481 e. The maximum absolute atomic E-state index is 13.3. The minimum Gasteiger partial charge on any atom is -0.481 e. The quantitative estimate of drug-likeness (QED) is 0.649. The molecule has 1 amide bonds. The molecule has 5 rings (SSSR count). The highest BCUT2D eigenvalue weighted by Crippen LogP contribution is 2.36. The first-order valence-corrected chi connectivity index (χ1v) is 10.5. The summed E-state index contributed by atoms with van der Waals surface area (Å²) >= 11 is 0. The summed E-state index contributed by atoms with van der Waals surface area (Å²) in [7, 11) is 1.62. The topological polar surface area (TPSA) is 75.9 Å². The number of hydrogen-bond donors (Lipinski definition) is 0. The number of aryl methyl sites for hydroxylation is 1. The summed E-state index contributed by atoms with van der Waals surface area (Å²) in [4.78, 5) is 30.9. The lowest BCUT2D eigenvalue weighted by atomic mass is 10.0. The third-order valence-electron chi connectivity index (χ3n) is 6.09. The van der Waals surface area contributed by atoms with E-state index in [1.807, 2.05) is 46.7 Å². The zero-order valence-electron chi connectivity index (χ0n) is 17.4. The lowest BCUT2D eigenvalue weighted by molar-refractivity contribution is 0.0704. The Balaban J connectivity index is 1.33. The van der Waals surface area contributed by atoms with Crippen LogP contribution in [0.2, 0.25) is 0 Å². The maximum atomic E-state index is 13.3. The van der Waals surface area contributed by atoms with Gasteiger partial charge in [-0.3, -0.25) is 9.20 Å². The number of imidazole rings is 1. The van der Waals surface area contributed by atoms with Crippen molar-refractivity contribution in [1.82, 2.24) is 24.3 Å². The minimum atomic E-state index is 0.0614. The van der Waals surface area contributed by atoms with Crippen molar-refractivity contribution in [1.29, 1.82) is 0 Å². The van der Waals surface area contributed by atoms with Crippen LogP contribution in [-0.4, -0.2) is 62.4 Å². The fourth-order valence-electron chi connectivity index (χ4n) is 4.48. The molecule has 0 unspecified atom stereocenters. The van der Waals surface area contributed by atoms with Crippen molar-refractivity contribution in [3.63, 3.8) is 0 Å². The second-order valence-corrected chi connectivity index (χ2v) is 8.06. The van der Waals surface area contributed by atoms with Gasteiger partial charge in [0, 0.05) is 37.4 Å². The van der Waals surface area contributed by atoms with Gasteiger partial charge in [0.1, 0.15) is 23.5 Å². The van der Waals surface area contributed by atoms with Crippen LogP contribution >= 0.6 is 0 Å². The van der Waals surface area contributed by atoms with Crippen LogP contribution in [0.5, 0.6) is 5.88 Å². The van der Waals surface area contributed by atoms with E-state index in [0.29, 0.717) is 23.7 Å². The van der Waals surface area contributed by atoms with Gasteiger partial charge in [0.05, 0.1) is 12.8 Å². The van der Waals surface area contributed by atoms with Crippen LogP contribution in [0.15, 0.2) is 36.8 Å². The monoisotopic (exact) mass is 406 g/mol. The Morgan fingerprint density at radius 2 is 1.90 bits per heavy atom. The van der Waals surface area contributed by atoms with Gasteiger partial charge in [0.25, 0.3) is 5.91 Å². The Labute approximate surface area is 175 Å². The highest BCUT2D eigenvalue weighted by Gasteiger charge is 2.37. The van der Waals surface area contributed by atoms with Gasteiger partial charge in [0.15, 0.2) is 0 Å². The van der Waals surface area contributed by atoms with E-state index < -0.39 is 0 Å². The summed E-state index contributed by atoms with van der Waals surface area (Å²) in [6.45, 7) is 3.37. The van der Waals surface area contributed by atoms with Crippen LogP contribution in [0.3, 0.4) is 0 Å². The van der Waals surface area contributed by atoms with E-state index in [9.17, 15) is 4.79 Å². The lowest BCUT2D eigenvalue weighted by Crippen LogP contribution is -2.48. The Hall–Kier alpha value is -3.16. The van der Waals surface area contributed by atoms with Gasteiger partial charge in [-0.05, 0) is 44.7 Å². The van der Waals surface area contributed by atoms with E-state index in [4.69, 9.17) is 4.74 Å². The average molecular weight is 406 g/mol. The van der Waals surface area contributed by atoms with Crippen LogP contribution in [0.1, 0.15) is 41.9 Å². The van der Waals surface area contributed by atoms with Crippen LogP contribution in [0, 0.1) is 6.92 Å². The molecule has 0 aromatic carbocycles. The highest BCUT2D eigenvalue weighted by molar-refractivity contribution is 5.94. The number of pyridine rings is 1. The molecule has 0 bridgehead atoms. The predicted molar refractivity (Wildman–Crippen MR) is 113 cm³/mol. The van der Waals surface area contributed by atoms with Crippen molar-refractivity contribution in [3.8, 4) is 5.88 Å². The summed E-state index contributed by atoms with van der Waals surface area (Å²) in [5.74, 6) is 1.57. The second-order valence-electron chi connectivity index (χ2n) is 8.06. The van der Waals surface area contributed by atoms with Crippen LogP contribution < -0.4 is 9.64 Å². The first kappa shape index (κ1) is 18.8. The molecule has 0 spiro atoms. The number of fused-ring (bicyclic) bond motifs is 1. The molecule has 8 heteroatoms. The van der Waals surface area contributed by atoms with Gasteiger partial charge >= 0.3 is 0 Å². The zero-order valence-corrected chi connectivity index (χ0v) is 17.4. The molecule has 0 atom stereocenters. The van der Waals surface area contributed by atoms with E-state index >= 15 is 0 Å². The fraction of sp³-hybridized carbons (Fsp3) is 0.455. The molecule has 1 aliphatic heterocycles. The van der Waals surface area contributed by atoms with E-state index in [-0.39, 0.29) is 5.91 Å². The standard InChI is InChI=1S/C22H26N6O2/c1-15-21(27-10-4-3-5-18(27)25-15)22(29)26-11-8-17(9-12-26)28(16-6-7-16)19-13-20(30-2)24-14-23-19/h3-5,10,13-14,16-17H,6-9,11-12H2,1-2H3. The molecule has 1 saturated heterocycles. The number of carbonyl (C=O) groups excluding carboxylic acids is 1. The Morgan fingerprint density at radius 3 is 2.63 bits per heavy atom. The molecule has 0 N–H and O–H groups in total. The van der Waals surface area contributed by atoms with Crippen molar-refractivity contribution >= 4 is 17.4 Å². The molecular formula is C22H26N6O2. The van der Waals surface area contributed by atoms with Crippen molar-refractivity contribution in [2.24, 2.45) is 0 Å². The molecule has 1 saturated carbocycles. The van der Waals surface area contributed by atoms with E-state index in [1.165, 1.54) is 12.8 Å². The number of aromatic nitrogens is 4. The Morgan fingerprint density at radius 1 is 1.13 bits per heavy atom. The van der Waals surface area contributed by atoms with E-state index in [1.54, 1.807) is 13.4 Å². The number of nitrogens with zero attached hydrogens (tertiary/aromatic N) is 6. The molecule has 2 aliphatic rings. The number of piperidine rings is 1. The summed E-state index contributed by atoms with van der Waals surface area (Å²) in [6.07, 6.45) is 7.69. The van der Waals surface area contributed by atoms with Crippen molar-refractivity contribution < 1.29 is 9.53 Å². The molecule has 30 heavy (non-hydrogen) atoms. The molecule has 3 aromatic rings. The highest BCUT2D eigenvalue weighted by atomic mass is 16.5. The number of hydrogen-bond acceptors (Lipinski definition) is 6. The maximum Gasteiger partial charge on any atom is 0.272 e. The van der Waals surface area contributed by atoms with Gasteiger partial charge in [-0.1, -0.05) is 6.07 Å². The molecule has 1 aliphatic carbocycles. The summed E-state index contributed by atoms with van der Waals surface area (Å²) in [5.41, 5.74) is 2.26. The van der Waals surface area contributed by atoms with E-state index in [2.05, 4.69) is 19.9 Å². The normalized spacial score (nSPS) is 17.3. The summed E-state index contributed by atoms with van der Waals surface area (Å²) in [5, 5.41) is 0. The smallest absolute Gasteiger partial charge is 0.272 e. The number of methoxy groups -OCH3 is 1. The third kappa shape index (κ3) is 3.36. The van der Waals surface area contributed by atoms with Gasteiger partial charge < -0.3 is 14.5 Å². The molecule has 2 fully saturated rings. The Kier molecular flexibility index (Phi) is 4.77. The first-order chi connectivity index (χ1) is 14.7. The average Bonchev–Trinajstić information content (AvgIpc) is 3.55. The van der Waals surface area contributed by atoms with Crippen LogP contribution in [0.4, 0.5) is 5.82 Å². The molecule has 0 radical (unpaired) electrons. The number of rotatable bonds is 5. The zero-order chi connectivity index (χ0) is 20.7. The van der Waals surface area contributed by atoms with Crippen molar-refractivity contribution in [3.05, 3.63) is 48.2 Å². The van der Waals surface area contributed by atoms with Gasteiger partial charge in [-0.25, -0.2) is 15.0 Å². The second kappa shape index (κ2) is 7.59. The van der Waals surface area contributed by atoms with Gasteiger partial charge in [-0.2, -0.15) is 0 Å². The third-order valence-corrected chi connectivity index (χ3v) is 6.09. The van der Waals surface area contributed by atoms with Crippen LogP contribution in [0.25, 0.3) is 5.65 Å². The predicted octanol–water partition coefficient (Wildman–Crippen LogP) is 2.71. The van der Waals surface area contributed by atoms with E-state index in [0.717, 1.165) is 43.1 Å². The molecular weight excluding hydrogens is 380 g/mol. The van der Waals surface area contributed by atoms with Gasteiger partial charge in [-0.15, -0.1) is 0 Å². The summed E-state index contributed by atoms with van der Waals surface area (Å²) in [6, 6.07) is 8.61. The number of likely N-dealkylation sites (tertiary alicyclic amines) is 1. The molecule has 3 aromatic heterocycles. The number of carbonyl (C=O) groups is 1. The number of ether oxygens (including phenoxy) is 1. The molecule has 156 valence electrons. The first-order valence-electron chi connectivity index (χ1n) is 10.5. The van der Waals surface area contributed by atoms with Gasteiger partial charge in [0.2, 0.25) is 5.88 Å². The number of anilines is 1. The SMILES string of the molecule is COc1cc(N(C2CC2)C2CCN(C(=O)c3c(C)nc4ccccn34)CC2)ncn1.